The highest BCUT2D eigenvalue weighted by Crippen LogP contribution is 2.42. The van der Waals surface area contributed by atoms with Gasteiger partial charge in [-0.1, -0.05) is 153 Å². The number of hydrogen-bond donors (Lipinski definition) is 0. The SMILES string of the molecule is CCCCc1nc(-c2cc(C(=O)OC)c[n+]([O-])c2)cn1Cc1ccc(-c2ccc(-c3nnnn3C(c3ccccc3)(c3ccccc3)c3ccccc3)cc2)cc1. The van der Waals surface area contributed by atoms with Crippen LogP contribution < -0.4 is 4.73 Å². The largest absolute Gasteiger partial charge is 0.619 e. The third-order valence-corrected chi connectivity index (χ3v) is 10.3. The van der Waals surface area contributed by atoms with Crippen LogP contribution in [0.3, 0.4) is 0 Å². The molecule has 57 heavy (non-hydrogen) atoms. The highest BCUT2D eigenvalue weighted by Gasteiger charge is 2.41. The van der Waals surface area contributed by atoms with Gasteiger partial charge in [0.2, 0.25) is 0 Å². The van der Waals surface area contributed by atoms with Crippen molar-refractivity contribution < 1.29 is 14.3 Å². The average molecular weight is 752 g/mol. The van der Waals surface area contributed by atoms with Gasteiger partial charge in [-0.15, -0.1) is 5.10 Å². The third-order valence-electron chi connectivity index (χ3n) is 10.3. The summed E-state index contributed by atoms with van der Waals surface area (Å²) in [7, 11) is 1.30. The van der Waals surface area contributed by atoms with E-state index in [2.05, 4.69) is 143 Å². The number of imidazole rings is 1. The second-order valence-corrected chi connectivity index (χ2v) is 13.9. The fourth-order valence-corrected chi connectivity index (χ4v) is 7.50. The molecule has 0 atom stereocenters. The predicted molar refractivity (Wildman–Crippen MR) is 219 cm³/mol. The maximum Gasteiger partial charge on any atom is 0.344 e. The van der Waals surface area contributed by atoms with Crippen LogP contribution in [-0.4, -0.2) is 42.8 Å². The van der Waals surface area contributed by atoms with E-state index in [4.69, 9.17) is 14.9 Å². The monoisotopic (exact) mass is 751 g/mol. The Morgan fingerprint density at radius 1 is 0.737 bits per heavy atom. The van der Waals surface area contributed by atoms with E-state index in [9.17, 15) is 10.0 Å². The van der Waals surface area contributed by atoms with Crippen LogP contribution in [0.4, 0.5) is 0 Å². The normalized spacial score (nSPS) is 11.4. The highest BCUT2D eigenvalue weighted by atomic mass is 16.5. The van der Waals surface area contributed by atoms with Crippen molar-refractivity contribution in [3.05, 3.63) is 203 Å². The fourth-order valence-electron chi connectivity index (χ4n) is 7.50. The van der Waals surface area contributed by atoms with Crippen LogP contribution >= 0.6 is 0 Å². The molecule has 0 aliphatic heterocycles. The number of aromatic nitrogens is 7. The van der Waals surface area contributed by atoms with Crippen molar-refractivity contribution in [3.8, 4) is 33.8 Å². The molecule has 0 saturated heterocycles. The number of tetrazole rings is 1. The number of pyridine rings is 1. The Kier molecular flexibility index (Phi) is 10.5. The lowest BCUT2D eigenvalue weighted by Crippen LogP contribution is -2.39. The summed E-state index contributed by atoms with van der Waals surface area (Å²) in [5.41, 5.74) is 7.80. The number of nitrogens with zero attached hydrogens (tertiary/aromatic N) is 7. The molecular weight excluding hydrogens is 711 g/mol. The second-order valence-electron chi connectivity index (χ2n) is 13.9. The summed E-state index contributed by atoms with van der Waals surface area (Å²) >= 11 is 0. The van der Waals surface area contributed by atoms with Crippen LogP contribution in [0.5, 0.6) is 0 Å². The summed E-state index contributed by atoms with van der Waals surface area (Å²) in [5.74, 6) is 0.998. The summed E-state index contributed by atoms with van der Waals surface area (Å²) in [6.07, 6.45) is 7.38. The molecule has 8 rings (SSSR count). The molecule has 0 aliphatic carbocycles. The van der Waals surface area contributed by atoms with Crippen LogP contribution in [0.1, 0.15) is 58.2 Å². The van der Waals surface area contributed by atoms with Gasteiger partial charge >= 0.3 is 5.97 Å². The summed E-state index contributed by atoms with van der Waals surface area (Å²) in [5, 5.41) is 25.9. The molecular formula is C47H41N7O3. The number of ether oxygens (including phenoxy) is 1. The number of benzene rings is 5. The van der Waals surface area contributed by atoms with Crippen molar-refractivity contribution in [1.82, 2.24) is 29.8 Å². The minimum Gasteiger partial charge on any atom is -0.619 e. The molecule has 0 amide bonds. The van der Waals surface area contributed by atoms with Crippen molar-refractivity contribution in [2.45, 2.75) is 38.3 Å². The van der Waals surface area contributed by atoms with Gasteiger partial charge in [0.1, 0.15) is 16.9 Å². The molecule has 10 heteroatoms. The molecule has 5 aromatic carbocycles. The lowest BCUT2D eigenvalue weighted by Gasteiger charge is -2.36. The van der Waals surface area contributed by atoms with Gasteiger partial charge in [-0.2, -0.15) is 4.73 Å². The Morgan fingerprint density at radius 2 is 1.30 bits per heavy atom. The fraction of sp³-hybridized carbons (Fsp3) is 0.149. The predicted octanol–water partition coefficient (Wildman–Crippen LogP) is 8.52. The Hall–Kier alpha value is -7.20. The molecule has 3 heterocycles. The lowest BCUT2D eigenvalue weighted by molar-refractivity contribution is -0.605. The van der Waals surface area contributed by atoms with Gasteiger partial charge in [-0.25, -0.2) is 14.5 Å². The van der Waals surface area contributed by atoms with Gasteiger partial charge in [0.15, 0.2) is 18.2 Å². The standard InChI is InChI=1S/C47H41N7O3/c1-3-4-20-44-48-43(38-29-39(46(55)57-2)32-53(56)31-38)33-52(44)30-34-21-23-35(24-22-34)36-25-27-37(28-26-36)45-49-50-51-54(45)47(40-14-8-5-9-15-40,41-16-10-6-11-17-41)42-18-12-7-13-19-42/h5-19,21-29,31-33H,3-4,20,30H2,1-2H3. The van der Waals surface area contributed by atoms with Gasteiger partial charge < -0.3 is 14.5 Å². The van der Waals surface area contributed by atoms with Gasteiger partial charge in [-0.3, -0.25) is 0 Å². The van der Waals surface area contributed by atoms with Crippen molar-refractivity contribution in [1.29, 1.82) is 0 Å². The van der Waals surface area contributed by atoms with E-state index in [-0.39, 0.29) is 5.56 Å². The molecule has 0 fully saturated rings. The zero-order valence-electron chi connectivity index (χ0n) is 31.8. The molecule has 0 unspecified atom stereocenters. The zero-order valence-corrected chi connectivity index (χ0v) is 31.8. The summed E-state index contributed by atoms with van der Waals surface area (Å²) in [6, 6.07) is 49.7. The number of carbonyl (C=O) groups is 1. The van der Waals surface area contributed by atoms with Gasteiger partial charge in [0, 0.05) is 24.7 Å². The van der Waals surface area contributed by atoms with E-state index in [1.807, 2.05) is 29.1 Å². The minimum absolute atomic E-state index is 0.177. The average Bonchev–Trinajstić information content (AvgIpc) is 3.92. The second kappa shape index (κ2) is 16.3. The van der Waals surface area contributed by atoms with E-state index < -0.39 is 11.5 Å². The van der Waals surface area contributed by atoms with Crippen LogP contribution in [0.2, 0.25) is 0 Å². The number of aryl methyl sites for hydroxylation is 1. The van der Waals surface area contributed by atoms with Crippen LogP contribution in [0.15, 0.2) is 164 Å². The first-order chi connectivity index (χ1) is 28.0. The molecule has 8 aromatic rings. The Bertz CT molecular complexity index is 2490. The highest BCUT2D eigenvalue weighted by molar-refractivity contribution is 5.90. The molecule has 0 radical (unpaired) electrons. The van der Waals surface area contributed by atoms with Gasteiger partial charge in [-0.05, 0) is 56.3 Å². The van der Waals surface area contributed by atoms with Crippen LogP contribution in [-0.2, 0) is 23.2 Å². The van der Waals surface area contributed by atoms with E-state index in [1.54, 1.807) is 6.07 Å². The number of esters is 1. The molecule has 0 saturated carbocycles. The number of unbranched alkanes of at least 4 members (excludes halogenated alkanes) is 1. The summed E-state index contributed by atoms with van der Waals surface area (Å²) < 4.78 is 9.53. The van der Waals surface area contributed by atoms with Crippen LogP contribution in [0.25, 0.3) is 33.8 Å². The van der Waals surface area contributed by atoms with E-state index in [1.165, 1.54) is 19.5 Å². The van der Waals surface area contributed by atoms with E-state index in [0.29, 0.717) is 28.4 Å². The summed E-state index contributed by atoms with van der Waals surface area (Å²) in [4.78, 5) is 17.1. The number of carbonyl (C=O) groups excluding carboxylic acids is 1. The molecule has 0 spiro atoms. The maximum atomic E-state index is 12.4. The van der Waals surface area contributed by atoms with E-state index >= 15 is 0 Å². The summed E-state index contributed by atoms with van der Waals surface area (Å²) in [6.45, 7) is 2.75. The van der Waals surface area contributed by atoms with E-state index in [0.717, 1.165) is 64.0 Å². The first kappa shape index (κ1) is 36.8. The lowest BCUT2D eigenvalue weighted by atomic mass is 9.77. The molecule has 10 nitrogen and oxygen atoms in total. The Balaban J connectivity index is 1.09. The molecule has 282 valence electrons. The Labute approximate surface area is 331 Å². The smallest absolute Gasteiger partial charge is 0.344 e. The topological polar surface area (TPSA) is 115 Å². The zero-order chi connectivity index (χ0) is 39.2. The van der Waals surface area contributed by atoms with Gasteiger partial charge in [0.05, 0.1) is 18.4 Å². The quantitative estimate of drug-likeness (QED) is 0.0502. The number of methoxy groups -OCH3 is 1. The molecule has 0 aliphatic rings. The van der Waals surface area contributed by atoms with Crippen molar-refractivity contribution in [2.24, 2.45) is 0 Å². The number of rotatable bonds is 13. The van der Waals surface area contributed by atoms with Crippen molar-refractivity contribution in [2.75, 3.05) is 7.11 Å². The first-order valence-corrected chi connectivity index (χ1v) is 19.0. The van der Waals surface area contributed by atoms with Crippen molar-refractivity contribution in [3.63, 3.8) is 0 Å². The van der Waals surface area contributed by atoms with Crippen LogP contribution in [0, 0.1) is 5.21 Å². The first-order valence-electron chi connectivity index (χ1n) is 19.0. The maximum absolute atomic E-state index is 12.4. The third kappa shape index (κ3) is 7.32. The molecule has 0 bridgehead atoms. The van der Waals surface area contributed by atoms with Gasteiger partial charge in [0.25, 0.3) is 0 Å². The number of hydrogen-bond acceptors (Lipinski definition) is 7. The molecule has 3 aromatic heterocycles. The minimum atomic E-state index is -0.839. The van der Waals surface area contributed by atoms with Crippen molar-refractivity contribution >= 4 is 5.97 Å². The Morgan fingerprint density at radius 3 is 1.86 bits per heavy atom. The molecule has 0 N–H and O–H groups in total.